The smallest absolute Gasteiger partial charge is 0.407 e. The van der Waals surface area contributed by atoms with Crippen molar-refractivity contribution in [3.8, 4) is 22.5 Å². The Balaban J connectivity index is 1.20. The number of nitrogens with zero attached hydrogens (tertiary/aromatic N) is 7. The van der Waals surface area contributed by atoms with Crippen molar-refractivity contribution in [2.45, 2.75) is 13.0 Å². The maximum atomic E-state index is 11.2. The molecule has 0 atom stereocenters. The van der Waals surface area contributed by atoms with Crippen LogP contribution < -0.4 is 10.2 Å². The van der Waals surface area contributed by atoms with Crippen LogP contribution in [0.5, 0.6) is 0 Å². The van der Waals surface area contributed by atoms with Crippen molar-refractivity contribution in [1.29, 1.82) is 0 Å². The highest BCUT2D eigenvalue weighted by molar-refractivity contribution is 5.78. The summed E-state index contributed by atoms with van der Waals surface area (Å²) in [6.45, 7) is 3.08. The average Bonchev–Trinajstić information content (AvgIpc) is 3.46. The topological polar surface area (TPSA) is 112 Å². The minimum Gasteiger partial charge on any atom is -0.465 e. The number of carbonyl (C=O) groups is 1. The van der Waals surface area contributed by atoms with Gasteiger partial charge in [-0.25, -0.2) is 14.8 Å². The largest absolute Gasteiger partial charge is 0.465 e. The molecule has 0 saturated carbocycles. The molecule has 0 bridgehead atoms. The van der Waals surface area contributed by atoms with Gasteiger partial charge in [0.2, 0.25) is 5.95 Å². The highest BCUT2D eigenvalue weighted by Crippen LogP contribution is 2.30. The van der Waals surface area contributed by atoms with Crippen LogP contribution in [0.15, 0.2) is 97.6 Å². The maximum Gasteiger partial charge on any atom is 0.407 e. The number of hydrogen-bond donors (Lipinski definition) is 2. The highest BCUT2D eigenvalue weighted by atomic mass is 16.4. The molecule has 1 aliphatic rings. The van der Waals surface area contributed by atoms with Crippen LogP contribution in [0.25, 0.3) is 22.5 Å². The van der Waals surface area contributed by atoms with E-state index in [-0.39, 0.29) is 0 Å². The molecule has 41 heavy (non-hydrogen) atoms. The van der Waals surface area contributed by atoms with Crippen molar-refractivity contribution >= 4 is 23.4 Å². The molecule has 0 unspecified atom stereocenters. The van der Waals surface area contributed by atoms with E-state index in [9.17, 15) is 9.90 Å². The highest BCUT2D eigenvalue weighted by Gasteiger charge is 2.20. The molecule has 0 spiro atoms. The number of piperazine rings is 1. The van der Waals surface area contributed by atoms with Crippen molar-refractivity contribution < 1.29 is 9.90 Å². The number of nitrogens with one attached hydrogen (secondary N) is 1. The molecule has 2 N–H and O–H groups in total. The number of anilines is 3. The molecule has 2 aromatic carbocycles. The Bertz CT molecular complexity index is 1600. The van der Waals surface area contributed by atoms with Crippen molar-refractivity contribution in [2.24, 2.45) is 0 Å². The first-order valence-corrected chi connectivity index (χ1v) is 13.6. The van der Waals surface area contributed by atoms with E-state index in [4.69, 9.17) is 10.1 Å². The van der Waals surface area contributed by atoms with Crippen LogP contribution in [0.1, 0.15) is 5.56 Å². The summed E-state index contributed by atoms with van der Waals surface area (Å²) >= 11 is 0. The van der Waals surface area contributed by atoms with E-state index in [1.165, 1.54) is 10.5 Å². The molecule has 1 amide bonds. The molecule has 0 aliphatic carbocycles. The summed E-state index contributed by atoms with van der Waals surface area (Å²) in [6, 6.07) is 24.2. The Morgan fingerprint density at radius 2 is 1.71 bits per heavy atom. The molecule has 206 valence electrons. The molecule has 1 fully saturated rings. The first-order chi connectivity index (χ1) is 20.1. The zero-order chi connectivity index (χ0) is 28.0. The van der Waals surface area contributed by atoms with Gasteiger partial charge in [0.15, 0.2) is 0 Å². The third-order valence-electron chi connectivity index (χ3n) is 7.14. The molecular formula is C31H30N8O2. The minimum absolute atomic E-state index is 0.486. The molecule has 4 heterocycles. The van der Waals surface area contributed by atoms with E-state index < -0.39 is 6.09 Å². The SMILES string of the molecule is O=C(O)N1CCN(c2ccc(Nc3nccc(-c4cn(CCc5ccccc5)nc4-c4cccnc4)n3)cc2)CC1. The van der Waals surface area contributed by atoms with E-state index in [0.29, 0.717) is 32.1 Å². The summed E-state index contributed by atoms with van der Waals surface area (Å²) in [4.78, 5) is 28.4. The number of aromatic nitrogens is 5. The number of amides is 1. The number of aryl methyl sites for hydroxylation is 2. The van der Waals surface area contributed by atoms with Crippen molar-refractivity contribution in [2.75, 3.05) is 36.4 Å². The standard InChI is InChI=1S/C31H30N8O2/c40-31(41)38-19-17-37(18-20-38)26-10-8-25(9-11-26)34-30-33-15-12-28(35-30)27-22-39(16-13-23-5-2-1-3-6-23)36-29(27)24-7-4-14-32-21-24/h1-12,14-15,21-22H,13,16-20H2,(H,40,41)(H,33,34,35). The number of carboxylic acid groups (broad SMARTS) is 1. The fourth-order valence-electron chi connectivity index (χ4n) is 4.94. The number of rotatable bonds is 8. The van der Waals surface area contributed by atoms with Gasteiger partial charge in [-0.2, -0.15) is 5.10 Å². The van der Waals surface area contributed by atoms with Crippen LogP contribution in [-0.4, -0.2) is 67.0 Å². The first-order valence-electron chi connectivity index (χ1n) is 13.6. The maximum absolute atomic E-state index is 11.2. The van der Waals surface area contributed by atoms with Gasteiger partial charge in [0.05, 0.1) is 5.69 Å². The van der Waals surface area contributed by atoms with Gasteiger partial charge in [0, 0.05) is 80.0 Å². The van der Waals surface area contributed by atoms with Crippen molar-refractivity contribution in [1.82, 2.24) is 29.6 Å². The van der Waals surface area contributed by atoms with Gasteiger partial charge in [-0.05, 0) is 54.4 Å². The fraction of sp³-hybridized carbons (Fsp3) is 0.194. The third-order valence-corrected chi connectivity index (χ3v) is 7.14. The predicted molar refractivity (Wildman–Crippen MR) is 158 cm³/mol. The van der Waals surface area contributed by atoms with Gasteiger partial charge < -0.3 is 20.2 Å². The van der Waals surface area contributed by atoms with Gasteiger partial charge in [-0.1, -0.05) is 30.3 Å². The number of pyridine rings is 1. The van der Waals surface area contributed by atoms with Crippen molar-refractivity contribution in [3.63, 3.8) is 0 Å². The van der Waals surface area contributed by atoms with Gasteiger partial charge in [0.1, 0.15) is 5.69 Å². The van der Waals surface area contributed by atoms with Gasteiger partial charge in [0.25, 0.3) is 0 Å². The second-order valence-corrected chi connectivity index (χ2v) is 9.83. The Hall–Kier alpha value is -5.25. The monoisotopic (exact) mass is 546 g/mol. The summed E-state index contributed by atoms with van der Waals surface area (Å²) in [5, 5.41) is 17.4. The van der Waals surface area contributed by atoms with Crippen LogP contribution in [0, 0.1) is 0 Å². The van der Waals surface area contributed by atoms with E-state index in [1.807, 2.05) is 65.6 Å². The van der Waals surface area contributed by atoms with Crippen LogP contribution >= 0.6 is 0 Å². The van der Waals surface area contributed by atoms with Gasteiger partial charge in [-0.15, -0.1) is 0 Å². The lowest BCUT2D eigenvalue weighted by Gasteiger charge is -2.34. The normalized spacial score (nSPS) is 13.3. The predicted octanol–water partition coefficient (Wildman–Crippen LogP) is 5.19. The molecule has 10 nitrogen and oxygen atoms in total. The van der Waals surface area contributed by atoms with Crippen LogP contribution in [0.2, 0.25) is 0 Å². The second-order valence-electron chi connectivity index (χ2n) is 9.83. The quantitative estimate of drug-likeness (QED) is 0.274. The average molecular weight is 547 g/mol. The third kappa shape index (κ3) is 6.17. The van der Waals surface area contributed by atoms with E-state index in [2.05, 4.69) is 44.5 Å². The second kappa shape index (κ2) is 11.9. The zero-order valence-electron chi connectivity index (χ0n) is 22.5. The number of benzene rings is 2. The van der Waals surface area contributed by atoms with E-state index in [1.54, 1.807) is 12.4 Å². The summed E-state index contributed by atoms with van der Waals surface area (Å²) in [7, 11) is 0. The molecule has 1 saturated heterocycles. The summed E-state index contributed by atoms with van der Waals surface area (Å²) in [5.74, 6) is 0.486. The first kappa shape index (κ1) is 26.0. The lowest BCUT2D eigenvalue weighted by atomic mass is 10.1. The van der Waals surface area contributed by atoms with E-state index in [0.717, 1.165) is 46.9 Å². The van der Waals surface area contributed by atoms with E-state index >= 15 is 0 Å². The molecule has 6 rings (SSSR count). The molecule has 5 aromatic rings. The number of hydrogen-bond acceptors (Lipinski definition) is 7. The van der Waals surface area contributed by atoms with Crippen LogP contribution in [0.4, 0.5) is 22.1 Å². The Kier molecular flexibility index (Phi) is 7.53. The fourth-order valence-corrected chi connectivity index (χ4v) is 4.94. The van der Waals surface area contributed by atoms with Crippen LogP contribution in [-0.2, 0) is 13.0 Å². The minimum atomic E-state index is -0.862. The Labute approximate surface area is 238 Å². The van der Waals surface area contributed by atoms with Gasteiger partial charge in [-0.3, -0.25) is 9.67 Å². The van der Waals surface area contributed by atoms with Crippen LogP contribution in [0.3, 0.4) is 0 Å². The lowest BCUT2D eigenvalue weighted by Crippen LogP contribution is -2.48. The summed E-state index contributed by atoms with van der Waals surface area (Å²) in [5.41, 5.74) is 6.60. The lowest BCUT2D eigenvalue weighted by molar-refractivity contribution is 0.142. The van der Waals surface area contributed by atoms with Crippen molar-refractivity contribution in [3.05, 3.63) is 103 Å². The molecular weight excluding hydrogens is 516 g/mol. The summed E-state index contributed by atoms with van der Waals surface area (Å²) < 4.78 is 1.97. The zero-order valence-corrected chi connectivity index (χ0v) is 22.5. The molecule has 10 heteroatoms. The molecule has 1 aliphatic heterocycles. The van der Waals surface area contributed by atoms with Gasteiger partial charge >= 0.3 is 6.09 Å². The Morgan fingerprint density at radius 3 is 2.44 bits per heavy atom. The molecule has 0 radical (unpaired) electrons. The Morgan fingerprint density at radius 1 is 0.902 bits per heavy atom. The molecule has 3 aromatic heterocycles. The summed E-state index contributed by atoms with van der Waals surface area (Å²) in [6.07, 6.45) is 7.36.